The van der Waals surface area contributed by atoms with E-state index in [1.165, 1.54) is 39.6 Å². The maximum atomic E-state index is 13.0. The zero-order valence-electron chi connectivity index (χ0n) is 19.4. The second kappa shape index (κ2) is 8.47. The van der Waals surface area contributed by atoms with Crippen molar-refractivity contribution in [2.45, 2.75) is 51.5 Å². The van der Waals surface area contributed by atoms with Crippen molar-refractivity contribution in [3.63, 3.8) is 0 Å². The number of pyridine rings is 1. The van der Waals surface area contributed by atoms with Crippen molar-refractivity contribution in [2.75, 3.05) is 5.75 Å². The first kappa shape index (κ1) is 21.9. The van der Waals surface area contributed by atoms with E-state index in [0.717, 1.165) is 36.9 Å². The molecule has 0 fully saturated rings. The summed E-state index contributed by atoms with van der Waals surface area (Å²) in [6.45, 7) is 6.86. The van der Waals surface area contributed by atoms with Crippen molar-refractivity contribution < 1.29 is 4.79 Å². The van der Waals surface area contributed by atoms with Crippen LogP contribution in [0.4, 0.5) is 0 Å². The van der Waals surface area contributed by atoms with Crippen molar-refractivity contribution >= 4 is 17.5 Å². The number of fused-ring (bicyclic) bond motifs is 4. The van der Waals surface area contributed by atoms with Crippen LogP contribution in [0.5, 0.6) is 0 Å². The second-order valence-electron chi connectivity index (χ2n) is 10.3. The van der Waals surface area contributed by atoms with Gasteiger partial charge in [-0.2, -0.15) is 5.26 Å². The van der Waals surface area contributed by atoms with Crippen molar-refractivity contribution in [1.29, 1.82) is 5.26 Å². The Morgan fingerprint density at radius 3 is 2.67 bits per heavy atom. The number of hydrogen-bond acceptors (Lipinski definition) is 4. The molecule has 1 heterocycles. The van der Waals surface area contributed by atoms with E-state index < -0.39 is 0 Å². The Balaban J connectivity index is 1.32. The van der Waals surface area contributed by atoms with Crippen LogP contribution in [0.1, 0.15) is 65.5 Å². The van der Waals surface area contributed by atoms with E-state index in [-0.39, 0.29) is 17.0 Å². The van der Waals surface area contributed by atoms with Crippen LogP contribution in [-0.2, 0) is 19.3 Å². The van der Waals surface area contributed by atoms with Crippen LogP contribution in [-0.4, -0.2) is 16.5 Å². The summed E-state index contributed by atoms with van der Waals surface area (Å²) in [6, 6.07) is 18.8. The molecule has 0 aliphatic heterocycles. The van der Waals surface area contributed by atoms with Crippen molar-refractivity contribution in [2.24, 2.45) is 11.3 Å². The second-order valence-corrected chi connectivity index (χ2v) is 11.2. The van der Waals surface area contributed by atoms with Crippen molar-refractivity contribution in [3.8, 4) is 17.2 Å². The molecule has 33 heavy (non-hydrogen) atoms. The summed E-state index contributed by atoms with van der Waals surface area (Å²) in [5, 5.41) is 10.4. The lowest BCUT2D eigenvalue weighted by Gasteiger charge is -2.34. The lowest BCUT2D eigenvalue weighted by atomic mass is 9.71. The third-order valence-corrected chi connectivity index (χ3v) is 8.14. The number of thioether (sulfide) groups is 1. The number of benzene rings is 2. The molecule has 0 saturated heterocycles. The molecule has 2 aromatic carbocycles. The first-order valence-electron chi connectivity index (χ1n) is 11.6. The summed E-state index contributed by atoms with van der Waals surface area (Å²) in [5.41, 5.74) is 8.90. The van der Waals surface area contributed by atoms with Gasteiger partial charge in [0.25, 0.3) is 0 Å². The van der Waals surface area contributed by atoms with Crippen LogP contribution in [0.2, 0.25) is 0 Å². The molecule has 0 amide bonds. The monoisotopic (exact) mass is 452 g/mol. The van der Waals surface area contributed by atoms with Gasteiger partial charge in [0.2, 0.25) is 0 Å². The predicted octanol–water partition coefficient (Wildman–Crippen LogP) is 6.65. The molecule has 3 nitrogen and oxygen atoms in total. The van der Waals surface area contributed by atoms with Gasteiger partial charge in [0, 0.05) is 11.3 Å². The maximum Gasteiger partial charge on any atom is 0.173 e. The summed E-state index contributed by atoms with van der Waals surface area (Å²) >= 11 is 1.39. The SMILES string of the molecule is CC(C)(C)C1CCc2nc(SCC(=O)c3ccc4c(c3)Cc3ccccc3-4)c(C#N)cc2C1. The largest absolute Gasteiger partial charge is 0.293 e. The fourth-order valence-electron chi connectivity index (χ4n) is 5.11. The Hall–Kier alpha value is -2.90. The molecule has 2 aliphatic rings. The summed E-state index contributed by atoms with van der Waals surface area (Å²) in [7, 11) is 0. The van der Waals surface area contributed by atoms with Gasteiger partial charge in [-0.25, -0.2) is 4.98 Å². The Kier molecular flexibility index (Phi) is 5.62. The zero-order valence-corrected chi connectivity index (χ0v) is 20.3. The Bertz CT molecular complexity index is 1300. The van der Waals surface area contributed by atoms with E-state index >= 15 is 0 Å². The van der Waals surface area contributed by atoms with Gasteiger partial charge in [0.15, 0.2) is 5.78 Å². The molecule has 0 spiro atoms. The molecule has 3 aromatic rings. The van der Waals surface area contributed by atoms with Gasteiger partial charge in [-0.05, 0) is 77.0 Å². The molecule has 1 aromatic heterocycles. The first-order valence-corrected chi connectivity index (χ1v) is 12.6. The number of Topliss-reactive ketones (excluding diaryl/α,β-unsaturated/α-hetero) is 1. The van der Waals surface area contributed by atoms with E-state index in [2.05, 4.69) is 57.2 Å². The van der Waals surface area contributed by atoms with Crippen LogP contribution >= 0.6 is 11.8 Å². The van der Waals surface area contributed by atoms with Crippen molar-refractivity contribution in [3.05, 3.63) is 82.0 Å². The van der Waals surface area contributed by atoms with Gasteiger partial charge in [0.05, 0.1) is 11.3 Å². The summed E-state index contributed by atoms with van der Waals surface area (Å²) in [6.07, 6.45) is 3.91. The zero-order chi connectivity index (χ0) is 23.2. The van der Waals surface area contributed by atoms with Gasteiger partial charge in [0.1, 0.15) is 11.1 Å². The molecule has 1 atom stereocenters. The molecule has 0 N–H and O–H groups in total. The highest BCUT2D eigenvalue weighted by atomic mass is 32.2. The molecule has 4 heteroatoms. The third kappa shape index (κ3) is 4.23. The molecule has 2 aliphatic carbocycles. The molecule has 0 radical (unpaired) electrons. The van der Waals surface area contributed by atoms with Crippen LogP contribution in [0.3, 0.4) is 0 Å². The number of rotatable bonds is 4. The molecule has 1 unspecified atom stereocenters. The number of hydrogen-bond donors (Lipinski definition) is 0. The Morgan fingerprint density at radius 2 is 1.88 bits per heavy atom. The number of aryl methyl sites for hydroxylation is 1. The van der Waals surface area contributed by atoms with Crippen LogP contribution in [0.15, 0.2) is 53.6 Å². The van der Waals surface area contributed by atoms with Gasteiger partial charge in [-0.3, -0.25) is 4.79 Å². The average Bonchev–Trinajstić information content (AvgIpc) is 3.18. The highest BCUT2D eigenvalue weighted by molar-refractivity contribution is 8.00. The quantitative estimate of drug-likeness (QED) is 0.257. The minimum absolute atomic E-state index is 0.0787. The number of carbonyl (C=O) groups is 1. The van der Waals surface area contributed by atoms with Gasteiger partial charge >= 0.3 is 0 Å². The number of carbonyl (C=O) groups excluding carboxylic acids is 1. The molecule has 0 bridgehead atoms. The molecule has 5 rings (SSSR count). The van der Waals surface area contributed by atoms with E-state index in [9.17, 15) is 10.1 Å². The first-order chi connectivity index (χ1) is 15.8. The fourth-order valence-corrected chi connectivity index (χ4v) is 5.98. The Morgan fingerprint density at radius 1 is 1.09 bits per heavy atom. The number of ketones is 1. The minimum Gasteiger partial charge on any atom is -0.293 e. The van der Waals surface area contributed by atoms with Crippen LogP contribution < -0.4 is 0 Å². The van der Waals surface area contributed by atoms with Crippen LogP contribution in [0.25, 0.3) is 11.1 Å². The molecule has 166 valence electrons. The minimum atomic E-state index is 0.0787. The molecule has 0 saturated carbocycles. The summed E-state index contributed by atoms with van der Waals surface area (Å²) in [5.74, 6) is 0.968. The fraction of sp³-hybridized carbons (Fsp3) is 0.345. The highest BCUT2D eigenvalue weighted by Gasteiger charge is 2.30. The highest BCUT2D eigenvalue weighted by Crippen LogP contribution is 2.39. The smallest absolute Gasteiger partial charge is 0.173 e. The van der Waals surface area contributed by atoms with Crippen molar-refractivity contribution in [1.82, 2.24) is 4.98 Å². The van der Waals surface area contributed by atoms with E-state index in [4.69, 9.17) is 4.98 Å². The van der Waals surface area contributed by atoms with Gasteiger partial charge in [-0.15, -0.1) is 0 Å². The topological polar surface area (TPSA) is 53.8 Å². The molecular weight excluding hydrogens is 424 g/mol. The average molecular weight is 453 g/mol. The predicted molar refractivity (Wildman–Crippen MR) is 134 cm³/mol. The number of nitriles is 1. The van der Waals surface area contributed by atoms with Gasteiger partial charge < -0.3 is 0 Å². The van der Waals surface area contributed by atoms with E-state index in [1.54, 1.807) is 0 Å². The van der Waals surface area contributed by atoms with E-state index in [0.29, 0.717) is 16.5 Å². The van der Waals surface area contributed by atoms with Gasteiger partial charge in [-0.1, -0.05) is 68.9 Å². The number of nitrogens with zero attached hydrogens (tertiary/aromatic N) is 2. The van der Waals surface area contributed by atoms with Crippen LogP contribution in [0, 0.1) is 22.7 Å². The lowest BCUT2D eigenvalue weighted by Crippen LogP contribution is -2.27. The third-order valence-electron chi connectivity index (χ3n) is 7.15. The maximum absolute atomic E-state index is 13.0. The van der Waals surface area contributed by atoms with E-state index in [1.807, 2.05) is 18.2 Å². The Labute approximate surface area is 200 Å². The normalized spacial score (nSPS) is 16.5. The number of aromatic nitrogens is 1. The molecular formula is C29H28N2OS. The standard InChI is InChI=1S/C29H28N2OS/c1-29(2,3)23-9-11-26-21(15-23)14-22(16-30)28(31-26)33-17-27(32)19-8-10-25-20(13-19)12-18-6-4-5-7-24(18)25/h4-8,10,13-14,23H,9,11-12,15,17H2,1-3H3. The summed E-state index contributed by atoms with van der Waals surface area (Å²) in [4.78, 5) is 17.8. The summed E-state index contributed by atoms with van der Waals surface area (Å²) < 4.78 is 0. The lowest BCUT2D eigenvalue weighted by molar-refractivity contribution is 0.102.